The number of hydrogen-bond acceptors (Lipinski definition) is 3. The molecule has 15 heavy (non-hydrogen) atoms. The van der Waals surface area contributed by atoms with Crippen LogP contribution in [0.25, 0.3) is 0 Å². The Morgan fingerprint density at radius 2 is 2.13 bits per heavy atom. The van der Waals surface area contributed by atoms with Gasteiger partial charge in [-0.1, -0.05) is 11.6 Å². The Balaban J connectivity index is 2.71. The van der Waals surface area contributed by atoms with Crippen LogP contribution in [0.15, 0.2) is 0 Å². The minimum absolute atomic E-state index is 0.410. The van der Waals surface area contributed by atoms with Crippen LogP contribution in [0.4, 0.5) is 0 Å². The van der Waals surface area contributed by atoms with Gasteiger partial charge in [-0.25, -0.2) is 0 Å². The van der Waals surface area contributed by atoms with Gasteiger partial charge in [0.05, 0.1) is 22.5 Å². The van der Waals surface area contributed by atoms with Gasteiger partial charge in [-0.3, -0.25) is 4.68 Å². The maximum absolute atomic E-state index is 9.79. The maximum atomic E-state index is 9.79. The van der Waals surface area contributed by atoms with Gasteiger partial charge in [-0.05, 0) is 21.0 Å². The highest BCUT2D eigenvalue weighted by atomic mass is 35.5. The summed E-state index contributed by atoms with van der Waals surface area (Å²) >= 11 is 6.09. The minimum Gasteiger partial charge on any atom is -0.391 e. The number of rotatable bonds is 4. The number of aliphatic hydroxyl groups is 1. The third-order valence-electron chi connectivity index (χ3n) is 2.27. The topological polar surface area (TPSA) is 41.3 Å². The molecule has 1 unspecified atom stereocenters. The maximum Gasteiger partial charge on any atom is 0.0847 e. The lowest BCUT2D eigenvalue weighted by atomic mass is 10.2. The molecule has 0 aliphatic rings. The Morgan fingerprint density at radius 1 is 1.53 bits per heavy atom. The number of hydrogen-bond donors (Lipinski definition) is 1. The molecule has 0 saturated heterocycles. The molecule has 1 rings (SSSR count). The third kappa shape index (κ3) is 3.19. The van der Waals surface area contributed by atoms with Crippen molar-refractivity contribution >= 4 is 11.6 Å². The molecule has 0 aliphatic heterocycles. The van der Waals surface area contributed by atoms with E-state index in [0.717, 1.165) is 11.4 Å². The van der Waals surface area contributed by atoms with Crippen LogP contribution >= 0.6 is 11.6 Å². The lowest BCUT2D eigenvalue weighted by Gasteiger charge is -2.15. The lowest BCUT2D eigenvalue weighted by molar-refractivity contribution is 0.135. The van der Waals surface area contributed by atoms with Crippen molar-refractivity contribution in [3.05, 3.63) is 16.4 Å². The molecule has 0 bridgehead atoms. The Morgan fingerprint density at radius 3 is 2.53 bits per heavy atom. The summed E-state index contributed by atoms with van der Waals surface area (Å²) in [6.45, 7) is 2.49. The molecule has 1 aromatic rings. The number of halogens is 1. The first kappa shape index (κ1) is 12.5. The summed E-state index contributed by atoms with van der Waals surface area (Å²) in [5, 5.41) is 14.7. The number of aromatic nitrogens is 2. The SMILES string of the molecule is Cc1nn(C)c(CC(O)CN(C)C)c1Cl. The van der Waals surface area contributed by atoms with Crippen LogP contribution < -0.4 is 0 Å². The van der Waals surface area contributed by atoms with Crippen molar-refractivity contribution in [1.82, 2.24) is 14.7 Å². The van der Waals surface area contributed by atoms with E-state index < -0.39 is 6.10 Å². The van der Waals surface area contributed by atoms with E-state index in [-0.39, 0.29) is 0 Å². The van der Waals surface area contributed by atoms with Gasteiger partial charge in [0, 0.05) is 20.0 Å². The Hall–Kier alpha value is -0.580. The van der Waals surface area contributed by atoms with Gasteiger partial charge in [-0.2, -0.15) is 5.10 Å². The van der Waals surface area contributed by atoms with Gasteiger partial charge in [0.15, 0.2) is 0 Å². The molecule has 1 atom stereocenters. The second kappa shape index (κ2) is 4.96. The Kier molecular flexibility index (Phi) is 4.13. The third-order valence-corrected chi connectivity index (χ3v) is 2.76. The van der Waals surface area contributed by atoms with E-state index in [1.54, 1.807) is 4.68 Å². The zero-order valence-corrected chi connectivity index (χ0v) is 10.4. The van der Waals surface area contributed by atoms with Gasteiger partial charge < -0.3 is 10.0 Å². The fraction of sp³-hybridized carbons (Fsp3) is 0.700. The zero-order valence-electron chi connectivity index (χ0n) is 9.66. The predicted octanol–water partition coefficient (Wildman–Crippen LogP) is 0.847. The van der Waals surface area contributed by atoms with Crippen LogP contribution in [0.2, 0.25) is 5.02 Å². The predicted molar refractivity (Wildman–Crippen MR) is 61.2 cm³/mol. The largest absolute Gasteiger partial charge is 0.391 e. The Bertz CT molecular complexity index is 336. The summed E-state index contributed by atoms with van der Waals surface area (Å²) in [4.78, 5) is 1.95. The molecule has 1 N–H and O–H groups in total. The van der Waals surface area contributed by atoms with Crippen molar-refractivity contribution in [1.29, 1.82) is 0 Å². The number of aryl methyl sites for hydroxylation is 2. The average Bonchev–Trinajstić information content (AvgIpc) is 2.31. The van der Waals surface area contributed by atoms with E-state index >= 15 is 0 Å². The van der Waals surface area contributed by atoms with Crippen LogP contribution in [0.5, 0.6) is 0 Å². The van der Waals surface area contributed by atoms with Gasteiger partial charge in [0.25, 0.3) is 0 Å². The molecule has 1 aromatic heterocycles. The molecule has 0 spiro atoms. The van der Waals surface area contributed by atoms with Gasteiger partial charge >= 0.3 is 0 Å². The van der Waals surface area contributed by atoms with Crippen LogP contribution in [-0.4, -0.2) is 46.5 Å². The van der Waals surface area contributed by atoms with Crippen molar-refractivity contribution in [2.75, 3.05) is 20.6 Å². The summed E-state index contributed by atoms with van der Waals surface area (Å²) in [6.07, 6.45) is 0.126. The van der Waals surface area contributed by atoms with Gasteiger partial charge in [0.1, 0.15) is 0 Å². The second-order valence-corrected chi connectivity index (χ2v) is 4.47. The summed E-state index contributed by atoms with van der Waals surface area (Å²) in [7, 11) is 5.70. The first-order chi connectivity index (χ1) is 6.91. The molecule has 86 valence electrons. The molecule has 0 saturated carbocycles. The van der Waals surface area contributed by atoms with E-state index in [0.29, 0.717) is 18.0 Å². The highest BCUT2D eigenvalue weighted by Crippen LogP contribution is 2.20. The standard InChI is InChI=1S/C10H18ClN3O/c1-7-10(11)9(14(4)12-7)5-8(15)6-13(2)3/h8,15H,5-6H2,1-4H3. The average molecular weight is 232 g/mol. The normalized spacial score (nSPS) is 13.5. The fourth-order valence-corrected chi connectivity index (χ4v) is 1.85. The molecular formula is C10H18ClN3O. The van der Waals surface area contributed by atoms with Crippen LogP contribution in [0, 0.1) is 6.92 Å². The molecule has 0 aromatic carbocycles. The van der Waals surface area contributed by atoms with Crippen molar-refractivity contribution in [2.45, 2.75) is 19.4 Å². The van der Waals surface area contributed by atoms with Crippen LogP contribution in [-0.2, 0) is 13.5 Å². The number of aliphatic hydroxyl groups excluding tert-OH is 1. The summed E-state index contributed by atoms with van der Waals surface area (Å²) in [6, 6.07) is 0. The monoisotopic (exact) mass is 231 g/mol. The van der Waals surface area contributed by atoms with Crippen molar-refractivity contribution in [2.24, 2.45) is 7.05 Å². The lowest BCUT2D eigenvalue weighted by Crippen LogP contribution is -2.28. The quantitative estimate of drug-likeness (QED) is 0.835. The van der Waals surface area contributed by atoms with E-state index in [4.69, 9.17) is 11.6 Å². The zero-order chi connectivity index (χ0) is 11.6. The van der Waals surface area contributed by atoms with E-state index in [1.165, 1.54) is 0 Å². The number of likely N-dealkylation sites (N-methyl/N-ethyl adjacent to an activating group) is 1. The first-order valence-electron chi connectivity index (χ1n) is 4.92. The molecule has 0 radical (unpaired) electrons. The van der Waals surface area contributed by atoms with Crippen LogP contribution in [0.3, 0.4) is 0 Å². The summed E-state index contributed by atoms with van der Waals surface area (Å²) in [5.41, 5.74) is 1.70. The van der Waals surface area contributed by atoms with Crippen LogP contribution in [0.1, 0.15) is 11.4 Å². The molecule has 4 nitrogen and oxygen atoms in total. The van der Waals surface area contributed by atoms with Gasteiger partial charge in [-0.15, -0.1) is 0 Å². The van der Waals surface area contributed by atoms with Crippen molar-refractivity contribution in [3.8, 4) is 0 Å². The first-order valence-corrected chi connectivity index (χ1v) is 5.30. The minimum atomic E-state index is -0.410. The highest BCUT2D eigenvalue weighted by Gasteiger charge is 2.15. The molecule has 0 aliphatic carbocycles. The molecule has 0 fully saturated rings. The van der Waals surface area contributed by atoms with E-state index in [1.807, 2.05) is 33.0 Å². The smallest absolute Gasteiger partial charge is 0.0847 e. The number of nitrogens with zero attached hydrogens (tertiary/aromatic N) is 3. The van der Waals surface area contributed by atoms with Gasteiger partial charge in [0.2, 0.25) is 0 Å². The second-order valence-electron chi connectivity index (χ2n) is 4.09. The fourth-order valence-electron chi connectivity index (χ4n) is 1.61. The Labute approximate surface area is 95.5 Å². The molecule has 1 heterocycles. The summed E-state index contributed by atoms with van der Waals surface area (Å²) in [5.74, 6) is 0. The molecular weight excluding hydrogens is 214 g/mol. The van der Waals surface area contributed by atoms with Crippen molar-refractivity contribution in [3.63, 3.8) is 0 Å². The highest BCUT2D eigenvalue weighted by molar-refractivity contribution is 6.31. The van der Waals surface area contributed by atoms with E-state index in [9.17, 15) is 5.11 Å². The molecule has 5 heteroatoms. The van der Waals surface area contributed by atoms with Crippen molar-refractivity contribution < 1.29 is 5.11 Å². The summed E-state index contributed by atoms with van der Waals surface area (Å²) < 4.78 is 1.73. The molecule has 0 amide bonds. The van der Waals surface area contributed by atoms with E-state index in [2.05, 4.69) is 5.10 Å².